The summed E-state index contributed by atoms with van der Waals surface area (Å²) in [6.07, 6.45) is 1.27. The second-order valence-corrected chi connectivity index (χ2v) is 7.75. The Kier molecular flexibility index (Phi) is 5.62. The molecule has 0 saturated heterocycles. The lowest BCUT2D eigenvalue weighted by Crippen LogP contribution is -2.13. The van der Waals surface area contributed by atoms with Crippen LogP contribution in [0.1, 0.15) is 38.3 Å². The molecular weight excluding hydrogens is 385 g/mol. The van der Waals surface area contributed by atoms with Crippen molar-refractivity contribution in [3.63, 3.8) is 0 Å². The van der Waals surface area contributed by atoms with Gasteiger partial charge in [-0.25, -0.2) is 0 Å². The molecule has 0 fully saturated rings. The quantitative estimate of drug-likeness (QED) is 0.697. The van der Waals surface area contributed by atoms with Crippen LogP contribution in [0.2, 0.25) is 0 Å². The summed E-state index contributed by atoms with van der Waals surface area (Å²) in [7, 11) is 0. The van der Waals surface area contributed by atoms with Gasteiger partial charge in [-0.05, 0) is 69.8 Å². The van der Waals surface area contributed by atoms with E-state index in [-0.39, 0.29) is 11.3 Å². The van der Waals surface area contributed by atoms with Crippen LogP contribution in [0.15, 0.2) is 48.5 Å². The summed E-state index contributed by atoms with van der Waals surface area (Å²) >= 11 is 2.25. The van der Waals surface area contributed by atoms with Gasteiger partial charge in [0.05, 0.1) is 0 Å². The average molecular weight is 407 g/mol. The molecule has 1 N–H and O–H groups in total. The van der Waals surface area contributed by atoms with E-state index in [1.165, 1.54) is 11.1 Å². The zero-order valence-corrected chi connectivity index (χ0v) is 15.5. The van der Waals surface area contributed by atoms with Crippen LogP contribution in [0.25, 0.3) is 0 Å². The zero-order chi connectivity index (χ0) is 16.2. The highest BCUT2D eigenvalue weighted by atomic mass is 127. The van der Waals surface area contributed by atoms with E-state index in [1.807, 2.05) is 24.3 Å². The summed E-state index contributed by atoms with van der Waals surface area (Å²) in [4.78, 5) is 12.0. The summed E-state index contributed by atoms with van der Waals surface area (Å²) in [5, 5.41) is 2.93. The smallest absolute Gasteiger partial charge is 0.224 e. The largest absolute Gasteiger partial charge is 0.326 e. The Morgan fingerprint density at radius 2 is 1.59 bits per heavy atom. The fraction of sp³-hybridized carbons (Fsp3) is 0.316. The van der Waals surface area contributed by atoms with Gasteiger partial charge in [0.1, 0.15) is 0 Å². The van der Waals surface area contributed by atoms with Crippen LogP contribution in [0.3, 0.4) is 0 Å². The standard InChI is InChI=1S/C19H22INO/c1-19(2,3)15-7-4-14(5-8-15)6-13-18(22)21-17-11-9-16(20)10-12-17/h4-5,7-12H,6,13H2,1-3H3,(H,21,22). The van der Waals surface area contributed by atoms with Crippen LogP contribution in [0.5, 0.6) is 0 Å². The molecular formula is C19H22INO. The summed E-state index contributed by atoms with van der Waals surface area (Å²) in [6, 6.07) is 16.4. The number of rotatable bonds is 4. The lowest BCUT2D eigenvalue weighted by Gasteiger charge is -2.19. The molecule has 0 bridgehead atoms. The van der Waals surface area contributed by atoms with Gasteiger partial charge >= 0.3 is 0 Å². The number of hydrogen-bond acceptors (Lipinski definition) is 1. The zero-order valence-electron chi connectivity index (χ0n) is 13.3. The minimum atomic E-state index is 0.0566. The second-order valence-electron chi connectivity index (χ2n) is 6.50. The monoisotopic (exact) mass is 407 g/mol. The predicted octanol–water partition coefficient (Wildman–Crippen LogP) is 5.16. The molecule has 0 atom stereocenters. The third kappa shape index (κ3) is 5.13. The molecule has 2 nitrogen and oxygen atoms in total. The predicted molar refractivity (Wildman–Crippen MR) is 101 cm³/mol. The Labute approximate surface area is 146 Å². The Bertz CT molecular complexity index is 624. The maximum Gasteiger partial charge on any atom is 0.224 e. The summed E-state index contributed by atoms with van der Waals surface area (Å²) in [5.41, 5.74) is 3.54. The van der Waals surface area contributed by atoms with Crippen molar-refractivity contribution in [2.45, 2.75) is 39.0 Å². The molecule has 0 saturated carbocycles. The van der Waals surface area contributed by atoms with E-state index in [2.05, 4.69) is 72.9 Å². The molecule has 0 unspecified atom stereocenters. The van der Waals surface area contributed by atoms with Gasteiger partial charge < -0.3 is 5.32 Å². The van der Waals surface area contributed by atoms with E-state index in [9.17, 15) is 4.79 Å². The highest BCUT2D eigenvalue weighted by Crippen LogP contribution is 2.22. The van der Waals surface area contributed by atoms with Crippen LogP contribution >= 0.6 is 22.6 Å². The molecule has 1 amide bonds. The summed E-state index contributed by atoms with van der Waals surface area (Å²) < 4.78 is 1.16. The molecule has 0 radical (unpaired) electrons. The second kappa shape index (κ2) is 7.27. The molecule has 0 aliphatic heterocycles. The molecule has 0 heterocycles. The van der Waals surface area contributed by atoms with Gasteiger partial charge in [-0.15, -0.1) is 0 Å². The van der Waals surface area contributed by atoms with E-state index in [4.69, 9.17) is 0 Å². The van der Waals surface area contributed by atoms with Crippen molar-refractivity contribution in [3.05, 3.63) is 63.2 Å². The van der Waals surface area contributed by atoms with Gasteiger partial charge in [-0.3, -0.25) is 4.79 Å². The first-order chi connectivity index (χ1) is 10.3. The Morgan fingerprint density at radius 1 is 1.00 bits per heavy atom. The first-order valence-corrected chi connectivity index (χ1v) is 8.57. The van der Waals surface area contributed by atoms with E-state index in [1.54, 1.807) is 0 Å². The molecule has 116 valence electrons. The number of carbonyl (C=O) groups is 1. The van der Waals surface area contributed by atoms with Gasteiger partial charge in [-0.1, -0.05) is 45.0 Å². The van der Waals surface area contributed by atoms with E-state index in [0.717, 1.165) is 15.7 Å². The molecule has 2 rings (SSSR count). The lowest BCUT2D eigenvalue weighted by molar-refractivity contribution is -0.116. The Morgan fingerprint density at radius 3 is 2.14 bits per heavy atom. The maximum atomic E-state index is 12.0. The third-order valence-corrected chi connectivity index (χ3v) is 4.31. The van der Waals surface area contributed by atoms with Crippen LogP contribution < -0.4 is 5.32 Å². The van der Waals surface area contributed by atoms with Crippen LogP contribution in [-0.2, 0) is 16.6 Å². The van der Waals surface area contributed by atoms with Crippen molar-refractivity contribution in [1.82, 2.24) is 0 Å². The van der Waals surface area contributed by atoms with Crippen molar-refractivity contribution in [3.8, 4) is 0 Å². The number of hydrogen-bond donors (Lipinski definition) is 1. The highest BCUT2D eigenvalue weighted by Gasteiger charge is 2.13. The molecule has 2 aromatic rings. The third-order valence-electron chi connectivity index (χ3n) is 3.59. The number of carbonyl (C=O) groups excluding carboxylic acids is 1. The first kappa shape index (κ1) is 17.0. The fourth-order valence-electron chi connectivity index (χ4n) is 2.19. The van der Waals surface area contributed by atoms with Crippen molar-refractivity contribution in [1.29, 1.82) is 0 Å². The molecule has 22 heavy (non-hydrogen) atoms. The van der Waals surface area contributed by atoms with Crippen molar-refractivity contribution in [2.75, 3.05) is 5.32 Å². The molecule has 3 heteroatoms. The molecule has 0 aromatic heterocycles. The number of nitrogens with one attached hydrogen (secondary N) is 1. The van der Waals surface area contributed by atoms with Gasteiger partial charge in [-0.2, -0.15) is 0 Å². The van der Waals surface area contributed by atoms with E-state index < -0.39 is 0 Å². The average Bonchev–Trinajstić information content (AvgIpc) is 2.47. The van der Waals surface area contributed by atoms with Crippen LogP contribution in [0, 0.1) is 3.57 Å². The number of halogens is 1. The minimum absolute atomic E-state index is 0.0566. The lowest BCUT2D eigenvalue weighted by atomic mass is 9.86. The van der Waals surface area contributed by atoms with E-state index in [0.29, 0.717) is 6.42 Å². The highest BCUT2D eigenvalue weighted by molar-refractivity contribution is 14.1. The molecule has 0 spiro atoms. The summed E-state index contributed by atoms with van der Waals surface area (Å²) in [5.74, 6) is 0.0566. The number of benzene rings is 2. The number of aryl methyl sites for hydroxylation is 1. The maximum absolute atomic E-state index is 12.0. The summed E-state index contributed by atoms with van der Waals surface area (Å²) in [6.45, 7) is 6.61. The van der Waals surface area contributed by atoms with Gasteiger partial charge in [0, 0.05) is 15.7 Å². The first-order valence-electron chi connectivity index (χ1n) is 7.49. The Balaban J connectivity index is 1.87. The Hall–Kier alpha value is -1.36. The number of anilines is 1. The van der Waals surface area contributed by atoms with Crippen LogP contribution in [-0.4, -0.2) is 5.91 Å². The molecule has 0 aliphatic rings. The number of amides is 1. The van der Waals surface area contributed by atoms with Gasteiger partial charge in [0.15, 0.2) is 0 Å². The van der Waals surface area contributed by atoms with Crippen molar-refractivity contribution >= 4 is 34.2 Å². The molecule has 2 aromatic carbocycles. The van der Waals surface area contributed by atoms with Crippen molar-refractivity contribution in [2.24, 2.45) is 0 Å². The fourth-order valence-corrected chi connectivity index (χ4v) is 2.55. The van der Waals surface area contributed by atoms with Gasteiger partial charge in [0.25, 0.3) is 0 Å². The normalized spacial score (nSPS) is 11.3. The van der Waals surface area contributed by atoms with Crippen LogP contribution in [0.4, 0.5) is 5.69 Å². The topological polar surface area (TPSA) is 29.1 Å². The SMILES string of the molecule is CC(C)(C)c1ccc(CCC(=O)Nc2ccc(I)cc2)cc1. The van der Waals surface area contributed by atoms with Gasteiger partial charge in [0.2, 0.25) is 5.91 Å². The minimum Gasteiger partial charge on any atom is -0.326 e. The molecule has 0 aliphatic carbocycles. The van der Waals surface area contributed by atoms with Crippen molar-refractivity contribution < 1.29 is 4.79 Å². The van der Waals surface area contributed by atoms with E-state index >= 15 is 0 Å².